The SMILES string of the molecule is CCCCCCn1c(=O)c(C(=O)NCC2=NS(=O)(=O)c3ccccc3N2)c(O)c2ccccc21. The van der Waals surface area contributed by atoms with Crippen LogP contribution in [0.25, 0.3) is 10.9 Å². The number of aromatic hydroxyl groups is 1. The molecule has 1 aliphatic heterocycles. The fourth-order valence-electron chi connectivity index (χ4n) is 4.01. The zero-order chi connectivity index (χ0) is 24.3. The van der Waals surface area contributed by atoms with Gasteiger partial charge in [0.05, 0.1) is 17.7 Å². The molecule has 0 unspecified atom stereocenters. The standard InChI is InChI=1S/C24H26N4O5S/c1-2-3-4-9-14-28-18-12-7-5-10-16(18)22(29)21(24(28)31)23(30)25-15-20-26-17-11-6-8-13-19(17)34(32,33)27-20/h5-8,10-13,29H,2-4,9,14-15H2,1H3,(H,25,30)(H,26,27). The molecule has 0 atom stereocenters. The number of sulfonamides is 1. The summed E-state index contributed by atoms with van der Waals surface area (Å²) in [6, 6.07) is 13.2. The first-order chi connectivity index (χ1) is 16.3. The number of para-hydroxylation sites is 2. The van der Waals surface area contributed by atoms with Crippen molar-refractivity contribution in [1.29, 1.82) is 0 Å². The van der Waals surface area contributed by atoms with Crippen LogP contribution in [0.1, 0.15) is 43.0 Å². The zero-order valence-electron chi connectivity index (χ0n) is 18.7. The number of carbonyl (C=O) groups excluding carboxylic acids is 1. The van der Waals surface area contributed by atoms with Crippen LogP contribution >= 0.6 is 0 Å². The maximum atomic E-state index is 13.2. The molecule has 0 spiro atoms. The molecule has 0 fully saturated rings. The molecular weight excluding hydrogens is 456 g/mol. The molecule has 1 amide bonds. The number of nitrogens with one attached hydrogen (secondary N) is 2. The first-order valence-electron chi connectivity index (χ1n) is 11.2. The lowest BCUT2D eigenvalue weighted by molar-refractivity contribution is 0.0954. The normalized spacial score (nSPS) is 14.2. The molecule has 9 nitrogen and oxygen atoms in total. The van der Waals surface area contributed by atoms with E-state index in [4.69, 9.17) is 0 Å². The minimum absolute atomic E-state index is 0.00669. The van der Waals surface area contributed by atoms with Crippen LogP contribution < -0.4 is 16.2 Å². The van der Waals surface area contributed by atoms with Crippen LogP contribution in [0.15, 0.2) is 62.6 Å². The molecule has 0 aliphatic carbocycles. The fourth-order valence-corrected chi connectivity index (χ4v) is 5.16. The highest BCUT2D eigenvalue weighted by Gasteiger charge is 2.26. The summed E-state index contributed by atoms with van der Waals surface area (Å²) in [5.74, 6) is -1.21. The van der Waals surface area contributed by atoms with E-state index in [9.17, 15) is 23.1 Å². The molecule has 3 aromatic rings. The van der Waals surface area contributed by atoms with Crippen molar-refractivity contribution in [3.8, 4) is 5.75 Å². The number of carbonyl (C=O) groups is 1. The van der Waals surface area contributed by atoms with Gasteiger partial charge in [0.15, 0.2) is 0 Å². The molecule has 0 bridgehead atoms. The molecule has 0 radical (unpaired) electrons. The quantitative estimate of drug-likeness (QED) is 0.423. The Balaban J connectivity index is 1.62. The van der Waals surface area contributed by atoms with Crippen LogP contribution in [0.3, 0.4) is 0 Å². The number of anilines is 1. The van der Waals surface area contributed by atoms with Gasteiger partial charge in [-0.15, -0.1) is 4.40 Å². The van der Waals surface area contributed by atoms with E-state index in [0.717, 1.165) is 25.7 Å². The van der Waals surface area contributed by atoms with Crippen molar-refractivity contribution in [1.82, 2.24) is 9.88 Å². The van der Waals surface area contributed by atoms with E-state index < -0.39 is 27.2 Å². The predicted octanol–water partition coefficient (Wildman–Crippen LogP) is 3.23. The maximum Gasteiger partial charge on any atom is 0.286 e. The highest BCUT2D eigenvalue weighted by Crippen LogP contribution is 2.28. The minimum atomic E-state index is -3.91. The van der Waals surface area contributed by atoms with Crippen molar-refractivity contribution in [2.45, 2.75) is 44.0 Å². The van der Waals surface area contributed by atoms with Gasteiger partial charge in [-0.2, -0.15) is 8.42 Å². The van der Waals surface area contributed by atoms with Gasteiger partial charge in [-0.05, 0) is 30.7 Å². The summed E-state index contributed by atoms with van der Waals surface area (Å²) >= 11 is 0. The number of hydrogen-bond acceptors (Lipinski definition) is 6. The largest absolute Gasteiger partial charge is 0.506 e. The number of benzene rings is 2. The molecule has 0 saturated carbocycles. The molecule has 3 N–H and O–H groups in total. The van der Waals surface area contributed by atoms with Crippen molar-refractivity contribution in [3.05, 3.63) is 64.4 Å². The molecule has 10 heteroatoms. The summed E-state index contributed by atoms with van der Waals surface area (Å²) in [6.07, 6.45) is 3.80. The molecular formula is C24H26N4O5S. The molecule has 1 aromatic heterocycles. The number of aromatic nitrogens is 1. The number of fused-ring (bicyclic) bond motifs is 2. The van der Waals surface area contributed by atoms with E-state index in [0.29, 0.717) is 23.1 Å². The number of amides is 1. The third-order valence-electron chi connectivity index (χ3n) is 5.70. The second-order valence-corrected chi connectivity index (χ2v) is 9.65. The third-order valence-corrected chi connectivity index (χ3v) is 7.07. The highest BCUT2D eigenvalue weighted by molar-refractivity contribution is 7.90. The Morgan fingerprint density at radius 3 is 2.62 bits per heavy atom. The highest BCUT2D eigenvalue weighted by atomic mass is 32.2. The summed E-state index contributed by atoms with van der Waals surface area (Å²) < 4.78 is 30.0. The monoisotopic (exact) mass is 482 g/mol. The van der Waals surface area contributed by atoms with Gasteiger partial charge in [-0.1, -0.05) is 50.5 Å². The number of nitrogens with zero attached hydrogens (tertiary/aromatic N) is 2. The Labute approximate surface area is 197 Å². The van der Waals surface area contributed by atoms with E-state index in [-0.39, 0.29) is 22.8 Å². The molecule has 178 valence electrons. The van der Waals surface area contributed by atoms with Gasteiger partial charge in [0.25, 0.3) is 21.5 Å². The first kappa shape index (κ1) is 23.5. The van der Waals surface area contributed by atoms with Crippen molar-refractivity contribution in [2.24, 2.45) is 4.40 Å². The van der Waals surface area contributed by atoms with E-state index in [1.807, 2.05) is 0 Å². The van der Waals surface area contributed by atoms with Gasteiger partial charge in [0.1, 0.15) is 22.0 Å². The van der Waals surface area contributed by atoms with Crippen molar-refractivity contribution in [3.63, 3.8) is 0 Å². The van der Waals surface area contributed by atoms with E-state index in [1.165, 1.54) is 10.6 Å². The Hall–Kier alpha value is -3.66. The van der Waals surface area contributed by atoms with E-state index in [2.05, 4.69) is 22.0 Å². The average molecular weight is 483 g/mol. The van der Waals surface area contributed by atoms with Gasteiger partial charge in [-0.3, -0.25) is 9.59 Å². The number of unbranched alkanes of at least 4 members (excludes halogenated alkanes) is 3. The zero-order valence-corrected chi connectivity index (χ0v) is 19.6. The predicted molar refractivity (Wildman–Crippen MR) is 131 cm³/mol. The average Bonchev–Trinajstić information content (AvgIpc) is 2.82. The van der Waals surface area contributed by atoms with Crippen LogP contribution in [0, 0.1) is 0 Å². The number of hydrogen-bond donors (Lipinski definition) is 3. The molecule has 0 saturated heterocycles. The van der Waals surface area contributed by atoms with Crippen LogP contribution in [0.5, 0.6) is 5.75 Å². The Morgan fingerprint density at radius 1 is 1.09 bits per heavy atom. The lowest BCUT2D eigenvalue weighted by Crippen LogP contribution is -2.38. The minimum Gasteiger partial charge on any atom is -0.506 e. The molecule has 34 heavy (non-hydrogen) atoms. The smallest absolute Gasteiger partial charge is 0.286 e. The Morgan fingerprint density at radius 2 is 1.82 bits per heavy atom. The lowest BCUT2D eigenvalue weighted by Gasteiger charge is -2.19. The number of aryl methyl sites for hydroxylation is 1. The van der Waals surface area contributed by atoms with Crippen molar-refractivity contribution >= 4 is 38.4 Å². The number of amidine groups is 1. The maximum absolute atomic E-state index is 13.2. The second kappa shape index (κ2) is 9.68. The third kappa shape index (κ3) is 4.54. The van der Waals surface area contributed by atoms with Crippen LogP contribution in [-0.4, -0.2) is 36.4 Å². The second-order valence-electron chi connectivity index (χ2n) is 8.08. The molecule has 2 aromatic carbocycles. The van der Waals surface area contributed by atoms with Crippen molar-refractivity contribution < 1.29 is 18.3 Å². The van der Waals surface area contributed by atoms with Crippen LogP contribution in [-0.2, 0) is 16.6 Å². The molecule has 2 heterocycles. The lowest BCUT2D eigenvalue weighted by atomic mass is 10.1. The Bertz CT molecular complexity index is 1440. The molecule has 4 rings (SSSR count). The first-order valence-corrected chi connectivity index (χ1v) is 12.6. The van der Waals surface area contributed by atoms with Gasteiger partial charge in [0, 0.05) is 11.9 Å². The van der Waals surface area contributed by atoms with E-state index >= 15 is 0 Å². The van der Waals surface area contributed by atoms with Crippen LogP contribution in [0.4, 0.5) is 5.69 Å². The molecule has 1 aliphatic rings. The topological polar surface area (TPSA) is 130 Å². The summed E-state index contributed by atoms with van der Waals surface area (Å²) in [6.45, 7) is 2.25. The fraction of sp³-hybridized carbons (Fsp3) is 0.292. The summed E-state index contributed by atoms with van der Waals surface area (Å²) in [7, 11) is -3.91. The Kier molecular flexibility index (Phi) is 6.69. The number of pyridine rings is 1. The van der Waals surface area contributed by atoms with Gasteiger partial charge < -0.3 is 20.3 Å². The summed E-state index contributed by atoms with van der Waals surface area (Å²) in [5.41, 5.74) is -0.0700. The van der Waals surface area contributed by atoms with Crippen molar-refractivity contribution in [2.75, 3.05) is 11.9 Å². The van der Waals surface area contributed by atoms with E-state index in [1.54, 1.807) is 42.5 Å². The van der Waals surface area contributed by atoms with Crippen LogP contribution in [0.2, 0.25) is 0 Å². The summed E-state index contributed by atoms with van der Waals surface area (Å²) in [4.78, 5) is 26.3. The van der Waals surface area contributed by atoms with Gasteiger partial charge in [-0.25, -0.2) is 0 Å². The number of rotatable bonds is 8. The van der Waals surface area contributed by atoms with Gasteiger partial charge >= 0.3 is 0 Å². The summed E-state index contributed by atoms with van der Waals surface area (Å²) in [5, 5.41) is 16.6. The van der Waals surface area contributed by atoms with Gasteiger partial charge in [0.2, 0.25) is 0 Å².